The SMILES string of the molecule is C=C(CC)CN1CCCCC1CCN. The summed E-state index contributed by atoms with van der Waals surface area (Å²) in [6, 6.07) is 0.719. The van der Waals surface area contributed by atoms with Gasteiger partial charge >= 0.3 is 0 Å². The van der Waals surface area contributed by atoms with Gasteiger partial charge < -0.3 is 5.73 Å². The fraction of sp³-hybridized carbons (Fsp3) is 0.833. The van der Waals surface area contributed by atoms with E-state index in [1.54, 1.807) is 0 Å². The molecule has 2 N–H and O–H groups in total. The molecule has 0 aromatic carbocycles. The van der Waals surface area contributed by atoms with E-state index in [0.29, 0.717) is 0 Å². The standard InChI is InChI=1S/C12H24N2/c1-3-11(2)10-14-9-5-4-6-12(14)7-8-13/h12H,2-10,13H2,1H3. The van der Waals surface area contributed by atoms with E-state index in [-0.39, 0.29) is 0 Å². The Labute approximate surface area is 88.2 Å². The summed E-state index contributed by atoms with van der Waals surface area (Å²) >= 11 is 0. The zero-order valence-electron chi connectivity index (χ0n) is 9.47. The Morgan fingerprint density at radius 3 is 2.93 bits per heavy atom. The van der Waals surface area contributed by atoms with Crippen molar-refractivity contribution in [1.29, 1.82) is 0 Å². The van der Waals surface area contributed by atoms with E-state index in [1.807, 2.05) is 0 Å². The van der Waals surface area contributed by atoms with Crippen LogP contribution in [0.3, 0.4) is 0 Å². The smallest absolute Gasteiger partial charge is 0.0193 e. The zero-order valence-corrected chi connectivity index (χ0v) is 9.47. The van der Waals surface area contributed by atoms with Crippen LogP contribution >= 0.6 is 0 Å². The highest BCUT2D eigenvalue weighted by atomic mass is 15.2. The van der Waals surface area contributed by atoms with Crippen molar-refractivity contribution in [2.45, 2.75) is 45.1 Å². The molecule has 0 amide bonds. The summed E-state index contributed by atoms with van der Waals surface area (Å²) in [5.74, 6) is 0. The second-order valence-electron chi connectivity index (χ2n) is 4.30. The molecule has 0 bridgehead atoms. The predicted octanol–water partition coefficient (Wildman–Crippen LogP) is 2.16. The van der Waals surface area contributed by atoms with Crippen LogP contribution < -0.4 is 5.73 Å². The normalized spacial score (nSPS) is 23.7. The van der Waals surface area contributed by atoms with Gasteiger partial charge in [0.25, 0.3) is 0 Å². The fourth-order valence-electron chi connectivity index (χ4n) is 2.19. The summed E-state index contributed by atoms with van der Waals surface area (Å²) in [4.78, 5) is 2.57. The van der Waals surface area contributed by atoms with Crippen molar-refractivity contribution in [3.8, 4) is 0 Å². The lowest BCUT2D eigenvalue weighted by molar-refractivity contribution is 0.154. The number of nitrogens with zero attached hydrogens (tertiary/aromatic N) is 1. The van der Waals surface area contributed by atoms with Crippen molar-refractivity contribution >= 4 is 0 Å². The molecule has 0 saturated carbocycles. The molecule has 0 aliphatic carbocycles. The van der Waals surface area contributed by atoms with Crippen LogP contribution in [-0.4, -0.2) is 30.6 Å². The molecule has 0 radical (unpaired) electrons. The Bertz CT molecular complexity index is 175. The van der Waals surface area contributed by atoms with E-state index in [9.17, 15) is 0 Å². The molecular formula is C12H24N2. The second kappa shape index (κ2) is 6.20. The van der Waals surface area contributed by atoms with Gasteiger partial charge in [0.2, 0.25) is 0 Å². The molecule has 1 saturated heterocycles. The number of likely N-dealkylation sites (tertiary alicyclic amines) is 1. The molecular weight excluding hydrogens is 172 g/mol. The third-order valence-corrected chi connectivity index (χ3v) is 3.18. The minimum absolute atomic E-state index is 0.719. The first-order chi connectivity index (χ1) is 6.77. The number of hydrogen-bond donors (Lipinski definition) is 1. The van der Waals surface area contributed by atoms with Crippen molar-refractivity contribution < 1.29 is 0 Å². The average molecular weight is 196 g/mol. The first-order valence-electron chi connectivity index (χ1n) is 5.88. The number of nitrogens with two attached hydrogens (primary N) is 1. The molecule has 2 nitrogen and oxygen atoms in total. The molecule has 0 aromatic rings. The third-order valence-electron chi connectivity index (χ3n) is 3.18. The maximum absolute atomic E-state index is 5.64. The summed E-state index contributed by atoms with van der Waals surface area (Å²) < 4.78 is 0. The van der Waals surface area contributed by atoms with Crippen LogP contribution in [0.25, 0.3) is 0 Å². The Hall–Kier alpha value is -0.340. The molecule has 1 atom stereocenters. The monoisotopic (exact) mass is 196 g/mol. The van der Waals surface area contributed by atoms with Gasteiger partial charge in [-0.25, -0.2) is 0 Å². The first-order valence-corrected chi connectivity index (χ1v) is 5.88. The van der Waals surface area contributed by atoms with Crippen LogP contribution in [0.5, 0.6) is 0 Å². The summed E-state index contributed by atoms with van der Waals surface area (Å²) in [5.41, 5.74) is 6.99. The summed E-state index contributed by atoms with van der Waals surface area (Å²) in [5, 5.41) is 0. The van der Waals surface area contributed by atoms with Crippen molar-refractivity contribution in [3.63, 3.8) is 0 Å². The fourth-order valence-corrected chi connectivity index (χ4v) is 2.19. The summed E-state index contributed by atoms with van der Waals surface area (Å²) in [7, 11) is 0. The van der Waals surface area contributed by atoms with Crippen LogP contribution in [0.4, 0.5) is 0 Å². The van der Waals surface area contributed by atoms with Gasteiger partial charge in [0.05, 0.1) is 0 Å². The zero-order chi connectivity index (χ0) is 10.4. The molecule has 2 heteroatoms. The number of piperidine rings is 1. The van der Waals surface area contributed by atoms with Gasteiger partial charge in [-0.1, -0.05) is 25.5 Å². The van der Waals surface area contributed by atoms with Crippen LogP contribution in [0.2, 0.25) is 0 Å². The topological polar surface area (TPSA) is 29.3 Å². The first kappa shape index (κ1) is 11.7. The quantitative estimate of drug-likeness (QED) is 0.683. The van der Waals surface area contributed by atoms with Gasteiger partial charge in [0, 0.05) is 12.6 Å². The van der Waals surface area contributed by atoms with Crippen molar-refractivity contribution in [1.82, 2.24) is 4.90 Å². The maximum atomic E-state index is 5.64. The van der Waals surface area contributed by atoms with E-state index < -0.39 is 0 Å². The highest BCUT2D eigenvalue weighted by molar-refractivity contribution is 4.97. The Balaban J connectivity index is 2.41. The molecule has 82 valence electrons. The third kappa shape index (κ3) is 3.43. The van der Waals surface area contributed by atoms with E-state index in [1.165, 1.54) is 31.4 Å². The minimum atomic E-state index is 0.719. The summed E-state index contributed by atoms with van der Waals surface area (Å²) in [6.07, 6.45) is 6.30. The summed E-state index contributed by atoms with van der Waals surface area (Å²) in [6.45, 7) is 9.42. The van der Waals surface area contributed by atoms with Crippen LogP contribution in [0.1, 0.15) is 39.0 Å². The lowest BCUT2D eigenvalue weighted by atomic mass is 9.98. The van der Waals surface area contributed by atoms with Crippen molar-refractivity contribution in [2.24, 2.45) is 5.73 Å². The van der Waals surface area contributed by atoms with Gasteiger partial charge in [-0.3, -0.25) is 4.90 Å². The second-order valence-corrected chi connectivity index (χ2v) is 4.30. The molecule has 1 rings (SSSR count). The molecule has 1 aliphatic heterocycles. The van der Waals surface area contributed by atoms with Gasteiger partial charge in [-0.2, -0.15) is 0 Å². The Morgan fingerprint density at radius 2 is 2.29 bits per heavy atom. The molecule has 1 unspecified atom stereocenters. The van der Waals surface area contributed by atoms with E-state index in [4.69, 9.17) is 5.73 Å². The highest BCUT2D eigenvalue weighted by Crippen LogP contribution is 2.20. The highest BCUT2D eigenvalue weighted by Gasteiger charge is 2.21. The lowest BCUT2D eigenvalue weighted by Crippen LogP contribution is -2.41. The van der Waals surface area contributed by atoms with Gasteiger partial charge in [0.1, 0.15) is 0 Å². The number of hydrogen-bond acceptors (Lipinski definition) is 2. The van der Waals surface area contributed by atoms with E-state index >= 15 is 0 Å². The molecule has 1 fully saturated rings. The molecule has 1 aliphatic rings. The minimum Gasteiger partial charge on any atom is -0.330 e. The number of rotatable bonds is 5. The lowest BCUT2D eigenvalue weighted by Gasteiger charge is -2.36. The van der Waals surface area contributed by atoms with Gasteiger partial charge in [-0.15, -0.1) is 0 Å². The Morgan fingerprint density at radius 1 is 1.50 bits per heavy atom. The molecule has 1 heterocycles. The van der Waals surface area contributed by atoms with Crippen LogP contribution in [0, 0.1) is 0 Å². The van der Waals surface area contributed by atoms with Crippen LogP contribution in [0.15, 0.2) is 12.2 Å². The average Bonchev–Trinajstić information content (AvgIpc) is 2.21. The van der Waals surface area contributed by atoms with E-state index in [0.717, 1.165) is 32.0 Å². The maximum Gasteiger partial charge on any atom is 0.0193 e. The largest absolute Gasteiger partial charge is 0.330 e. The predicted molar refractivity (Wildman–Crippen MR) is 62.3 cm³/mol. The molecule has 0 aromatic heterocycles. The van der Waals surface area contributed by atoms with Crippen molar-refractivity contribution in [3.05, 3.63) is 12.2 Å². The van der Waals surface area contributed by atoms with Gasteiger partial charge in [0.15, 0.2) is 0 Å². The van der Waals surface area contributed by atoms with Gasteiger partial charge in [-0.05, 0) is 38.8 Å². The van der Waals surface area contributed by atoms with Crippen molar-refractivity contribution in [2.75, 3.05) is 19.6 Å². The Kier molecular flexibility index (Phi) is 5.20. The van der Waals surface area contributed by atoms with Crippen LogP contribution in [-0.2, 0) is 0 Å². The van der Waals surface area contributed by atoms with E-state index in [2.05, 4.69) is 18.4 Å². The molecule has 0 spiro atoms. The molecule has 14 heavy (non-hydrogen) atoms.